The van der Waals surface area contributed by atoms with Gasteiger partial charge < -0.3 is 10.6 Å². The zero-order chi connectivity index (χ0) is 22.6. The predicted molar refractivity (Wildman–Crippen MR) is 126 cm³/mol. The number of nitrogens with zero attached hydrogens (tertiary/aromatic N) is 4. The molecule has 1 aliphatic carbocycles. The zero-order valence-electron chi connectivity index (χ0n) is 17.8. The third-order valence-corrected chi connectivity index (χ3v) is 6.79. The van der Waals surface area contributed by atoms with Gasteiger partial charge in [0.2, 0.25) is 0 Å². The number of pyridine rings is 2. The van der Waals surface area contributed by atoms with Crippen LogP contribution >= 0.6 is 11.3 Å². The quantitative estimate of drug-likeness (QED) is 0.458. The fourth-order valence-electron chi connectivity index (χ4n) is 3.91. The second kappa shape index (κ2) is 9.33. The monoisotopic (exact) mass is 458 g/mol. The Bertz CT molecular complexity index is 1270. The molecule has 4 heterocycles. The molecule has 33 heavy (non-hydrogen) atoms. The Labute approximate surface area is 194 Å². The van der Waals surface area contributed by atoms with Crippen LogP contribution in [-0.2, 0) is 19.4 Å². The molecule has 166 valence electrons. The zero-order valence-corrected chi connectivity index (χ0v) is 18.6. The van der Waals surface area contributed by atoms with Crippen molar-refractivity contribution in [2.24, 2.45) is 0 Å². The molecule has 0 saturated carbocycles. The predicted octanol–water partition coefficient (Wildman–Crippen LogP) is 3.78. The molecule has 4 aromatic heterocycles. The van der Waals surface area contributed by atoms with Crippen LogP contribution in [0.15, 0.2) is 61.6 Å². The van der Waals surface area contributed by atoms with Gasteiger partial charge in [-0.05, 0) is 55.0 Å². The maximum Gasteiger partial charge on any atom is 0.257 e. The summed E-state index contributed by atoms with van der Waals surface area (Å²) in [7, 11) is 0. The molecule has 4 aromatic rings. The molecule has 0 atom stereocenters. The van der Waals surface area contributed by atoms with Crippen molar-refractivity contribution in [3.8, 4) is 5.82 Å². The molecule has 0 aliphatic heterocycles. The highest BCUT2D eigenvalue weighted by Gasteiger charge is 2.26. The summed E-state index contributed by atoms with van der Waals surface area (Å²) in [5.41, 5.74) is 2.98. The van der Waals surface area contributed by atoms with Gasteiger partial charge in [-0.15, -0.1) is 11.3 Å². The summed E-state index contributed by atoms with van der Waals surface area (Å²) in [6, 6.07) is 7.23. The van der Waals surface area contributed by atoms with Crippen LogP contribution in [0.5, 0.6) is 0 Å². The van der Waals surface area contributed by atoms with E-state index in [2.05, 4.69) is 25.6 Å². The molecule has 0 unspecified atom stereocenters. The molecule has 0 saturated heterocycles. The van der Waals surface area contributed by atoms with E-state index in [1.807, 2.05) is 22.9 Å². The van der Waals surface area contributed by atoms with Gasteiger partial charge in [0.15, 0.2) is 0 Å². The lowest BCUT2D eigenvalue weighted by Gasteiger charge is -2.13. The van der Waals surface area contributed by atoms with E-state index in [9.17, 15) is 9.59 Å². The van der Waals surface area contributed by atoms with Crippen molar-refractivity contribution >= 4 is 28.2 Å². The SMILES string of the molecule is O=C(Nc1sc2c(c1C(=O)NCc1ccc(-n3ccnc3)nc1)CCCC2)c1cccnc1. The first-order valence-corrected chi connectivity index (χ1v) is 11.6. The minimum absolute atomic E-state index is 0.186. The average molecular weight is 459 g/mol. The van der Waals surface area contributed by atoms with Crippen molar-refractivity contribution in [3.05, 3.63) is 88.7 Å². The number of rotatable bonds is 6. The van der Waals surface area contributed by atoms with Crippen molar-refractivity contribution in [1.29, 1.82) is 0 Å². The van der Waals surface area contributed by atoms with Gasteiger partial charge in [-0.2, -0.15) is 0 Å². The normalized spacial score (nSPS) is 12.7. The summed E-state index contributed by atoms with van der Waals surface area (Å²) in [4.78, 5) is 39.6. The summed E-state index contributed by atoms with van der Waals surface area (Å²) < 4.78 is 1.82. The van der Waals surface area contributed by atoms with E-state index in [1.165, 1.54) is 22.4 Å². The number of hydrogen-bond donors (Lipinski definition) is 2. The van der Waals surface area contributed by atoms with Crippen molar-refractivity contribution in [3.63, 3.8) is 0 Å². The van der Waals surface area contributed by atoms with Gasteiger partial charge in [0.25, 0.3) is 11.8 Å². The van der Waals surface area contributed by atoms with Crippen LogP contribution in [0.25, 0.3) is 5.82 Å². The Kier molecular flexibility index (Phi) is 5.95. The third kappa shape index (κ3) is 4.54. The Morgan fingerprint density at radius 2 is 1.94 bits per heavy atom. The molecule has 5 rings (SSSR count). The van der Waals surface area contributed by atoms with Crippen LogP contribution in [0.1, 0.15) is 49.6 Å². The van der Waals surface area contributed by atoms with E-state index in [0.29, 0.717) is 22.7 Å². The fourth-order valence-corrected chi connectivity index (χ4v) is 5.19. The van der Waals surface area contributed by atoms with Gasteiger partial charge in [0, 0.05) is 42.4 Å². The minimum atomic E-state index is -0.268. The fraction of sp³-hybridized carbons (Fsp3) is 0.208. The lowest BCUT2D eigenvalue weighted by Crippen LogP contribution is -2.25. The molecule has 1 aliphatic rings. The van der Waals surface area contributed by atoms with Crippen molar-refractivity contribution in [1.82, 2.24) is 24.8 Å². The Hall–Kier alpha value is -3.85. The van der Waals surface area contributed by atoms with E-state index in [1.54, 1.807) is 37.1 Å². The van der Waals surface area contributed by atoms with Crippen LogP contribution in [0.2, 0.25) is 0 Å². The first kappa shape index (κ1) is 21.0. The summed E-state index contributed by atoms with van der Waals surface area (Å²) in [5, 5.41) is 6.55. The highest BCUT2D eigenvalue weighted by atomic mass is 32.1. The Morgan fingerprint density at radius 3 is 2.70 bits per heavy atom. The number of anilines is 1. The largest absolute Gasteiger partial charge is 0.348 e. The van der Waals surface area contributed by atoms with Gasteiger partial charge in [-0.25, -0.2) is 9.97 Å². The van der Waals surface area contributed by atoms with Crippen LogP contribution in [0.4, 0.5) is 5.00 Å². The minimum Gasteiger partial charge on any atom is -0.348 e. The van der Waals surface area contributed by atoms with E-state index >= 15 is 0 Å². The number of carbonyl (C=O) groups is 2. The van der Waals surface area contributed by atoms with Gasteiger partial charge in [-0.3, -0.25) is 19.1 Å². The summed E-state index contributed by atoms with van der Waals surface area (Å²) >= 11 is 1.50. The van der Waals surface area contributed by atoms with E-state index in [0.717, 1.165) is 42.6 Å². The first-order chi connectivity index (χ1) is 16.2. The van der Waals surface area contributed by atoms with Gasteiger partial charge in [0.1, 0.15) is 17.1 Å². The Balaban J connectivity index is 1.33. The number of nitrogens with one attached hydrogen (secondary N) is 2. The van der Waals surface area contributed by atoms with Crippen molar-refractivity contribution < 1.29 is 9.59 Å². The molecule has 0 spiro atoms. The van der Waals surface area contributed by atoms with E-state index in [4.69, 9.17) is 0 Å². The number of amides is 2. The molecule has 9 heteroatoms. The molecule has 2 amide bonds. The summed E-state index contributed by atoms with van der Waals surface area (Å²) in [6.45, 7) is 0.344. The molecule has 0 radical (unpaired) electrons. The van der Waals surface area contributed by atoms with Gasteiger partial charge >= 0.3 is 0 Å². The third-order valence-electron chi connectivity index (χ3n) is 5.58. The van der Waals surface area contributed by atoms with Crippen molar-refractivity contribution in [2.45, 2.75) is 32.2 Å². The number of aromatic nitrogens is 4. The number of imidazole rings is 1. The smallest absolute Gasteiger partial charge is 0.257 e. The number of hydrogen-bond acceptors (Lipinski definition) is 6. The maximum absolute atomic E-state index is 13.2. The molecular formula is C24H22N6O2S. The second-order valence-corrected chi connectivity index (χ2v) is 8.89. The molecule has 8 nitrogen and oxygen atoms in total. The molecule has 0 fully saturated rings. The van der Waals surface area contributed by atoms with Gasteiger partial charge in [-0.1, -0.05) is 6.07 Å². The summed E-state index contributed by atoms with van der Waals surface area (Å²) in [6.07, 6.45) is 14.0. The van der Waals surface area contributed by atoms with Crippen molar-refractivity contribution in [2.75, 3.05) is 5.32 Å². The topological polar surface area (TPSA) is 102 Å². The summed E-state index contributed by atoms with van der Waals surface area (Å²) in [5.74, 6) is 0.305. The number of carbonyl (C=O) groups excluding carboxylic acids is 2. The van der Waals surface area contributed by atoms with E-state index in [-0.39, 0.29) is 11.8 Å². The highest BCUT2D eigenvalue weighted by molar-refractivity contribution is 7.17. The van der Waals surface area contributed by atoms with Gasteiger partial charge in [0.05, 0.1) is 11.1 Å². The van der Waals surface area contributed by atoms with Crippen LogP contribution in [0.3, 0.4) is 0 Å². The first-order valence-electron chi connectivity index (χ1n) is 10.8. The molecule has 0 aromatic carbocycles. The molecular weight excluding hydrogens is 436 g/mol. The Morgan fingerprint density at radius 1 is 1.03 bits per heavy atom. The van der Waals surface area contributed by atoms with E-state index < -0.39 is 0 Å². The lowest BCUT2D eigenvalue weighted by molar-refractivity contribution is 0.0951. The van der Waals surface area contributed by atoms with Crippen LogP contribution in [-0.4, -0.2) is 31.3 Å². The second-order valence-electron chi connectivity index (χ2n) is 7.79. The maximum atomic E-state index is 13.2. The van der Waals surface area contributed by atoms with Crippen LogP contribution in [0, 0.1) is 0 Å². The standard InChI is InChI=1S/C24H22N6O2S/c31-22(17-4-3-9-25-14-17)29-24-21(18-5-1-2-6-19(18)33-24)23(32)28-13-16-7-8-20(27-12-16)30-11-10-26-15-30/h3-4,7-12,14-15H,1-2,5-6,13H2,(H,28,32)(H,29,31). The number of fused-ring (bicyclic) bond motifs is 1. The number of aryl methyl sites for hydroxylation is 1. The lowest BCUT2D eigenvalue weighted by atomic mass is 9.95. The highest BCUT2D eigenvalue weighted by Crippen LogP contribution is 2.38. The van der Waals surface area contributed by atoms with Crippen LogP contribution < -0.4 is 10.6 Å². The average Bonchev–Trinajstić information content (AvgIpc) is 3.51. The molecule has 0 bridgehead atoms. The number of thiophene rings is 1. The molecule has 2 N–H and O–H groups in total.